The first-order valence-electron chi connectivity index (χ1n) is 7.90. The normalized spacial score (nSPS) is 12.5. The Morgan fingerprint density at radius 2 is 1.74 bits per heavy atom. The quantitative estimate of drug-likeness (QED) is 0.339. The minimum Gasteiger partial charge on any atom is -0.352 e. The van der Waals surface area contributed by atoms with Crippen LogP contribution < -0.4 is 16.2 Å². The van der Waals surface area contributed by atoms with Crippen molar-refractivity contribution < 1.29 is 13.2 Å². The van der Waals surface area contributed by atoms with Crippen molar-refractivity contribution in [2.45, 2.75) is 32.9 Å². The fourth-order valence-electron chi connectivity index (χ4n) is 1.77. The minimum atomic E-state index is -4.38. The molecule has 11 heteroatoms. The molecule has 0 unspecified atom stereocenters. The van der Waals surface area contributed by atoms with Gasteiger partial charge in [0.15, 0.2) is 5.11 Å². The summed E-state index contributed by atoms with van der Waals surface area (Å²) in [4.78, 5) is 0.572. The topological polar surface area (TPSA) is 60.8 Å². The van der Waals surface area contributed by atoms with Crippen LogP contribution in [0.15, 0.2) is 34.5 Å². The van der Waals surface area contributed by atoms with Crippen molar-refractivity contribution in [3.05, 3.63) is 34.9 Å². The monoisotopic (exact) mass is 437 g/mol. The Bertz CT molecular complexity index is 718. The lowest BCUT2D eigenvalue weighted by Crippen LogP contribution is -2.39. The summed E-state index contributed by atoms with van der Waals surface area (Å²) < 4.78 is 36.7. The number of nitrogens with one attached hydrogen (secondary N) is 3. The van der Waals surface area contributed by atoms with Gasteiger partial charge in [-0.2, -0.15) is 23.4 Å². The number of halogens is 4. The van der Waals surface area contributed by atoms with Gasteiger partial charge in [0, 0.05) is 10.6 Å². The first-order valence-corrected chi connectivity index (χ1v) is 9.09. The van der Waals surface area contributed by atoms with Gasteiger partial charge in [0.05, 0.1) is 10.7 Å². The molecule has 1 aromatic rings. The van der Waals surface area contributed by atoms with E-state index < -0.39 is 12.7 Å². The van der Waals surface area contributed by atoms with E-state index in [4.69, 9.17) is 36.0 Å². The summed E-state index contributed by atoms with van der Waals surface area (Å²) in [5.74, 6) is 0. The highest BCUT2D eigenvalue weighted by Gasteiger charge is 2.27. The Balaban J connectivity index is 2.97. The second-order valence-electron chi connectivity index (χ2n) is 5.36. The summed E-state index contributed by atoms with van der Waals surface area (Å²) in [7, 11) is 0. The third-order valence-electron chi connectivity index (χ3n) is 3.00. The number of hydrazone groups is 2. The largest absolute Gasteiger partial charge is 0.405 e. The molecule has 27 heavy (non-hydrogen) atoms. The molecule has 1 rings (SSSR count). The summed E-state index contributed by atoms with van der Waals surface area (Å²) >= 11 is 15.8. The molecule has 0 saturated heterocycles. The molecule has 0 aliphatic heterocycles. The third kappa shape index (κ3) is 9.64. The Morgan fingerprint density at radius 3 is 2.30 bits per heavy atom. The zero-order valence-corrected chi connectivity index (χ0v) is 17.0. The van der Waals surface area contributed by atoms with Gasteiger partial charge in [0.1, 0.15) is 12.3 Å². The lowest BCUT2D eigenvalue weighted by molar-refractivity contribution is -0.122. The van der Waals surface area contributed by atoms with Crippen LogP contribution in [0, 0.1) is 0 Å². The molecule has 0 atom stereocenters. The average Bonchev–Trinajstić information content (AvgIpc) is 2.59. The van der Waals surface area contributed by atoms with Gasteiger partial charge >= 0.3 is 6.18 Å². The van der Waals surface area contributed by atoms with Crippen LogP contribution in [0.5, 0.6) is 0 Å². The highest BCUT2D eigenvalue weighted by atomic mass is 35.5. The SMILES string of the molecule is CCCC(=S)NN=C(C)C(=NNC(=S)NCC(F)(F)F)c1ccc(Cl)cc1. The zero-order valence-electron chi connectivity index (χ0n) is 14.7. The van der Waals surface area contributed by atoms with Crippen molar-refractivity contribution in [3.8, 4) is 0 Å². The highest BCUT2D eigenvalue weighted by molar-refractivity contribution is 7.80. The molecule has 0 spiro atoms. The fourth-order valence-corrected chi connectivity index (χ4v) is 2.26. The third-order valence-corrected chi connectivity index (χ3v) is 3.79. The van der Waals surface area contributed by atoms with Crippen LogP contribution >= 0.6 is 36.0 Å². The van der Waals surface area contributed by atoms with Gasteiger partial charge in [0.25, 0.3) is 0 Å². The van der Waals surface area contributed by atoms with Crippen molar-refractivity contribution >= 4 is 57.6 Å². The van der Waals surface area contributed by atoms with Gasteiger partial charge in [0.2, 0.25) is 0 Å². The van der Waals surface area contributed by atoms with Crippen molar-refractivity contribution in [2.75, 3.05) is 6.54 Å². The molecule has 0 heterocycles. The van der Waals surface area contributed by atoms with E-state index in [-0.39, 0.29) is 5.11 Å². The maximum atomic E-state index is 12.2. The molecule has 0 amide bonds. The molecule has 0 fully saturated rings. The van der Waals surface area contributed by atoms with E-state index in [9.17, 15) is 13.2 Å². The smallest absolute Gasteiger partial charge is 0.352 e. The molecular formula is C16H19ClF3N5S2. The van der Waals surface area contributed by atoms with Gasteiger partial charge in [-0.25, -0.2) is 0 Å². The maximum absolute atomic E-state index is 12.2. The summed E-state index contributed by atoms with van der Waals surface area (Å²) in [6.45, 7) is 2.41. The highest BCUT2D eigenvalue weighted by Crippen LogP contribution is 2.12. The first-order chi connectivity index (χ1) is 12.6. The summed E-state index contributed by atoms with van der Waals surface area (Å²) in [5.41, 5.74) is 6.64. The molecule has 1 aromatic carbocycles. The van der Waals surface area contributed by atoms with Crippen LogP contribution in [-0.2, 0) is 0 Å². The lowest BCUT2D eigenvalue weighted by atomic mass is 10.1. The van der Waals surface area contributed by atoms with Gasteiger partial charge in [-0.05, 0) is 44.1 Å². The van der Waals surface area contributed by atoms with Gasteiger partial charge in [-0.15, -0.1) is 0 Å². The molecule has 148 valence electrons. The van der Waals surface area contributed by atoms with Crippen LogP contribution in [-0.4, -0.2) is 34.2 Å². The van der Waals surface area contributed by atoms with E-state index in [0.717, 1.165) is 6.42 Å². The predicted octanol–water partition coefficient (Wildman–Crippen LogP) is 4.16. The van der Waals surface area contributed by atoms with Crippen LogP contribution in [0.2, 0.25) is 5.02 Å². The van der Waals surface area contributed by atoms with Gasteiger partial charge in [-0.1, -0.05) is 42.9 Å². The van der Waals surface area contributed by atoms with Crippen molar-refractivity contribution in [1.82, 2.24) is 16.2 Å². The van der Waals surface area contributed by atoms with Crippen LogP contribution in [0.4, 0.5) is 13.2 Å². The Kier molecular flexibility index (Phi) is 9.61. The second kappa shape index (κ2) is 11.2. The molecule has 0 radical (unpaired) electrons. The Morgan fingerprint density at radius 1 is 1.11 bits per heavy atom. The molecular weight excluding hydrogens is 419 g/mol. The Labute approximate surface area is 171 Å². The maximum Gasteiger partial charge on any atom is 0.405 e. The lowest BCUT2D eigenvalue weighted by Gasteiger charge is -2.12. The van der Waals surface area contributed by atoms with Crippen LogP contribution in [0.3, 0.4) is 0 Å². The van der Waals surface area contributed by atoms with E-state index >= 15 is 0 Å². The minimum absolute atomic E-state index is 0.263. The number of nitrogens with zero attached hydrogens (tertiary/aromatic N) is 2. The summed E-state index contributed by atoms with van der Waals surface area (Å²) in [6.07, 6.45) is -2.83. The molecule has 0 aliphatic carbocycles. The number of rotatable bonds is 7. The van der Waals surface area contributed by atoms with Crippen molar-refractivity contribution in [2.24, 2.45) is 10.2 Å². The fraction of sp³-hybridized carbons (Fsp3) is 0.375. The average molecular weight is 438 g/mol. The van der Waals surface area contributed by atoms with E-state index in [1.54, 1.807) is 31.2 Å². The van der Waals surface area contributed by atoms with Gasteiger partial charge in [-0.3, -0.25) is 10.9 Å². The number of thiocarbonyl (C=S) groups is 2. The van der Waals surface area contributed by atoms with E-state index in [1.165, 1.54) is 0 Å². The number of benzene rings is 1. The van der Waals surface area contributed by atoms with Crippen LogP contribution in [0.1, 0.15) is 32.3 Å². The molecule has 0 saturated carbocycles. The second-order valence-corrected chi connectivity index (χ2v) is 6.70. The molecule has 0 aromatic heterocycles. The molecule has 5 nitrogen and oxygen atoms in total. The van der Waals surface area contributed by atoms with Crippen LogP contribution in [0.25, 0.3) is 0 Å². The van der Waals surface area contributed by atoms with Crippen molar-refractivity contribution in [3.63, 3.8) is 0 Å². The van der Waals surface area contributed by atoms with E-state index in [0.29, 0.717) is 33.4 Å². The zero-order chi connectivity index (χ0) is 20.4. The van der Waals surface area contributed by atoms with Crippen molar-refractivity contribution in [1.29, 1.82) is 0 Å². The summed E-state index contributed by atoms with van der Waals surface area (Å²) in [5, 5.41) is 10.6. The van der Waals surface area contributed by atoms with E-state index in [2.05, 4.69) is 21.1 Å². The predicted molar refractivity (Wildman–Crippen MR) is 112 cm³/mol. The first kappa shape index (κ1) is 23.3. The van der Waals surface area contributed by atoms with Gasteiger partial charge < -0.3 is 5.32 Å². The molecule has 0 bridgehead atoms. The Hall–Kier alpha value is -1.78. The number of hydrogen-bond donors (Lipinski definition) is 3. The molecule has 3 N–H and O–H groups in total. The summed E-state index contributed by atoms with van der Waals surface area (Å²) in [6, 6.07) is 6.74. The standard InChI is InChI=1S/C16H19ClF3N5S2/c1-3-4-13(26)23-22-10(2)14(11-5-7-12(17)8-6-11)24-25-15(27)21-9-16(18,19)20/h5-8H,3-4,9H2,1-2H3,(H,23,26)(H2,21,25,27). The number of hydrogen-bond acceptors (Lipinski definition) is 4. The molecule has 0 aliphatic rings. The van der Waals surface area contributed by atoms with E-state index in [1.807, 2.05) is 12.2 Å². The number of alkyl halides is 3.